The number of methoxy groups -OCH3 is 1. The molecular formula is C17H27N3O2. The molecule has 22 heavy (non-hydrogen) atoms. The summed E-state index contributed by atoms with van der Waals surface area (Å²) in [5.41, 5.74) is 7.69. The number of ether oxygens (including phenoxy) is 1. The molecule has 0 bridgehead atoms. The zero-order chi connectivity index (χ0) is 16.1. The van der Waals surface area contributed by atoms with Crippen molar-refractivity contribution in [3.63, 3.8) is 0 Å². The van der Waals surface area contributed by atoms with Crippen LogP contribution in [0.3, 0.4) is 0 Å². The summed E-state index contributed by atoms with van der Waals surface area (Å²) in [7, 11) is 1.61. The summed E-state index contributed by atoms with van der Waals surface area (Å²) >= 11 is 0. The van der Waals surface area contributed by atoms with Crippen LogP contribution in [0.2, 0.25) is 0 Å². The van der Waals surface area contributed by atoms with Gasteiger partial charge in [-0.25, -0.2) is 0 Å². The fourth-order valence-corrected chi connectivity index (χ4v) is 3.21. The second kappa shape index (κ2) is 7.61. The third-order valence-corrected chi connectivity index (χ3v) is 4.45. The Balaban J connectivity index is 2.02. The molecule has 5 nitrogen and oxygen atoms in total. The van der Waals surface area contributed by atoms with Gasteiger partial charge in [-0.05, 0) is 49.9 Å². The third kappa shape index (κ3) is 3.99. The zero-order valence-corrected chi connectivity index (χ0v) is 13.8. The molecule has 0 radical (unpaired) electrons. The molecule has 2 rings (SSSR count). The van der Waals surface area contributed by atoms with E-state index in [4.69, 9.17) is 10.5 Å². The van der Waals surface area contributed by atoms with Gasteiger partial charge in [0.2, 0.25) is 5.91 Å². The number of amides is 1. The van der Waals surface area contributed by atoms with Crippen molar-refractivity contribution >= 4 is 11.6 Å². The molecule has 2 unspecified atom stereocenters. The SMILES string of the molecule is COc1ccc(C)cc1NC(=O)CN1CCCC(C)C1CN. The van der Waals surface area contributed by atoms with Gasteiger partial charge in [-0.1, -0.05) is 13.0 Å². The summed E-state index contributed by atoms with van der Waals surface area (Å²) < 4.78 is 5.30. The minimum absolute atomic E-state index is 0.0172. The van der Waals surface area contributed by atoms with Gasteiger partial charge in [0.05, 0.1) is 19.3 Å². The lowest BCUT2D eigenvalue weighted by Crippen LogP contribution is -2.51. The molecule has 1 saturated heterocycles. The molecule has 1 fully saturated rings. The number of likely N-dealkylation sites (tertiary alicyclic amines) is 1. The Morgan fingerprint density at radius 3 is 2.95 bits per heavy atom. The fourth-order valence-electron chi connectivity index (χ4n) is 3.21. The summed E-state index contributed by atoms with van der Waals surface area (Å²) in [5.74, 6) is 1.21. The van der Waals surface area contributed by atoms with Gasteiger partial charge in [0, 0.05) is 12.6 Å². The van der Waals surface area contributed by atoms with Crippen LogP contribution in [0.5, 0.6) is 5.75 Å². The molecule has 0 spiro atoms. The highest BCUT2D eigenvalue weighted by atomic mass is 16.5. The molecule has 1 aliphatic heterocycles. The van der Waals surface area contributed by atoms with Crippen molar-refractivity contribution in [1.82, 2.24) is 4.90 Å². The van der Waals surface area contributed by atoms with E-state index in [1.54, 1.807) is 7.11 Å². The normalized spacial score (nSPS) is 22.4. The van der Waals surface area contributed by atoms with Crippen LogP contribution in [0.25, 0.3) is 0 Å². The van der Waals surface area contributed by atoms with E-state index in [-0.39, 0.29) is 5.91 Å². The molecule has 0 saturated carbocycles. The molecule has 1 heterocycles. The Morgan fingerprint density at radius 1 is 1.50 bits per heavy atom. The summed E-state index contributed by atoms with van der Waals surface area (Å²) in [5, 5.41) is 2.96. The number of anilines is 1. The van der Waals surface area contributed by atoms with Crippen molar-refractivity contribution in [3.05, 3.63) is 23.8 Å². The maximum atomic E-state index is 12.4. The van der Waals surface area contributed by atoms with Gasteiger partial charge in [-0.15, -0.1) is 0 Å². The van der Waals surface area contributed by atoms with Crippen LogP contribution in [0.15, 0.2) is 18.2 Å². The van der Waals surface area contributed by atoms with Crippen molar-refractivity contribution in [2.75, 3.05) is 32.1 Å². The van der Waals surface area contributed by atoms with Crippen molar-refractivity contribution in [2.45, 2.75) is 32.7 Å². The largest absolute Gasteiger partial charge is 0.495 e. The summed E-state index contributed by atoms with van der Waals surface area (Å²) in [6.45, 7) is 6.12. The molecule has 1 aliphatic rings. The van der Waals surface area contributed by atoms with Gasteiger partial charge >= 0.3 is 0 Å². The smallest absolute Gasteiger partial charge is 0.238 e. The number of nitrogens with one attached hydrogen (secondary N) is 1. The zero-order valence-electron chi connectivity index (χ0n) is 13.8. The van der Waals surface area contributed by atoms with E-state index in [9.17, 15) is 4.79 Å². The van der Waals surface area contributed by atoms with Crippen LogP contribution < -0.4 is 15.8 Å². The van der Waals surface area contributed by atoms with E-state index >= 15 is 0 Å². The Hall–Kier alpha value is -1.59. The standard InChI is InChI=1S/C17H27N3O2/c1-12-6-7-16(22-3)14(9-12)19-17(21)11-20-8-4-5-13(2)15(20)10-18/h6-7,9,13,15H,4-5,8,10-11,18H2,1-3H3,(H,19,21). The summed E-state index contributed by atoms with van der Waals surface area (Å²) in [6.07, 6.45) is 2.31. The predicted octanol–water partition coefficient (Wildman–Crippen LogP) is 2.00. The highest BCUT2D eigenvalue weighted by Gasteiger charge is 2.28. The van der Waals surface area contributed by atoms with Crippen LogP contribution in [-0.2, 0) is 4.79 Å². The second-order valence-corrected chi connectivity index (χ2v) is 6.14. The van der Waals surface area contributed by atoms with Gasteiger partial charge in [0.25, 0.3) is 0 Å². The minimum atomic E-state index is -0.0172. The number of hydrogen-bond donors (Lipinski definition) is 2. The van der Waals surface area contributed by atoms with Gasteiger partial charge in [0.1, 0.15) is 5.75 Å². The summed E-state index contributed by atoms with van der Waals surface area (Å²) in [4.78, 5) is 14.6. The number of carbonyl (C=O) groups excluding carboxylic acids is 1. The predicted molar refractivity (Wildman–Crippen MR) is 89.2 cm³/mol. The van der Waals surface area contributed by atoms with Gasteiger partial charge in [-0.2, -0.15) is 0 Å². The van der Waals surface area contributed by atoms with E-state index in [1.807, 2.05) is 25.1 Å². The van der Waals surface area contributed by atoms with E-state index in [2.05, 4.69) is 17.1 Å². The number of piperidine rings is 1. The monoisotopic (exact) mass is 305 g/mol. The molecule has 122 valence electrons. The molecule has 1 aromatic rings. The molecule has 3 N–H and O–H groups in total. The first-order valence-corrected chi connectivity index (χ1v) is 7.93. The first-order chi connectivity index (χ1) is 10.5. The van der Waals surface area contributed by atoms with Crippen LogP contribution in [0, 0.1) is 12.8 Å². The van der Waals surface area contributed by atoms with E-state index in [0.717, 1.165) is 24.2 Å². The molecule has 0 aromatic heterocycles. The van der Waals surface area contributed by atoms with E-state index in [0.29, 0.717) is 30.8 Å². The first-order valence-electron chi connectivity index (χ1n) is 7.93. The van der Waals surface area contributed by atoms with Crippen molar-refractivity contribution in [3.8, 4) is 5.75 Å². The number of hydrogen-bond acceptors (Lipinski definition) is 4. The number of rotatable bonds is 5. The molecule has 2 atom stereocenters. The topological polar surface area (TPSA) is 67.6 Å². The highest BCUT2D eigenvalue weighted by Crippen LogP contribution is 2.26. The van der Waals surface area contributed by atoms with Crippen LogP contribution in [0.4, 0.5) is 5.69 Å². The van der Waals surface area contributed by atoms with Gasteiger partial charge in [0.15, 0.2) is 0 Å². The van der Waals surface area contributed by atoms with Crippen molar-refractivity contribution in [1.29, 1.82) is 0 Å². The number of aryl methyl sites for hydroxylation is 1. The van der Waals surface area contributed by atoms with Crippen LogP contribution in [-0.4, -0.2) is 43.6 Å². The Morgan fingerprint density at radius 2 is 2.27 bits per heavy atom. The Kier molecular flexibility index (Phi) is 5.80. The summed E-state index contributed by atoms with van der Waals surface area (Å²) in [6, 6.07) is 6.05. The minimum Gasteiger partial charge on any atom is -0.495 e. The molecule has 1 aromatic carbocycles. The van der Waals surface area contributed by atoms with Gasteiger partial charge < -0.3 is 15.8 Å². The third-order valence-electron chi connectivity index (χ3n) is 4.45. The van der Waals surface area contributed by atoms with Gasteiger partial charge in [-0.3, -0.25) is 9.69 Å². The number of nitrogens with two attached hydrogens (primary N) is 1. The van der Waals surface area contributed by atoms with Crippen LogP contribution >= 0.6 is 0 Å². The van der Waals surface area contributed by atoms with Crippen molar-refractivity contribution < 1.29 is 9.53 Å². The van der Waals surface area contributed by atoms with Crippen molar-refractivity contribution in [2.24, 2.45) is 11.7 Å². The highest BCUT2D eigenvalue weighted by molar-refractivity contribution is 5.93. The lowest BCUT2D eigenvalue weighted by atomic mass is 9.91. The first kappa shape index (κ1) is 16.8. The maximum Gasteiger partial charge on any atom is 0.238 e. The average Bonchev–Trinajstić information content (AvgIpc) is 2.47. The lowest BCUT2D eigenvalue weighted by molar-refractivity contribution is -0.118. The average molecular weight is 305 g/mol. The fraction of sp³-hybridized carbons (Fsp3) is 0.588. The lowest BCUT2D eigenvalue weighted by Gasteiger charge is -2.38. The maximum absolute atomic E-state index is 12.4. The number of nitrogens with zero attached hydrogens (tertiary/aromatic N) is 1. The number of carbonyl (C=O) groups is 1. The molecule has 0 aliphatic carbocycles. The molecule has 1 amide bonds. The van der Waals surface area contributed by atoms with Crippen LogP contribution in [0.1, 0.15) is 25.3 Å². The Labute approximate surface area is 132 Å². The molecule has 5 heteroatoms. The van der Waals surface area contributed by atoms with E-state index < -0.39 is 0 Å². The quantitative estimate of drug-likeness (QED) is 0.873. The number of benzene rings is 1. The second-order valence-electron chi connectivity index (χ2n) is 6.14. The van der Waals surface area contributed by atoms with E-state index in [1.165, 1.54) is 6.42 Å². The molecular weight excluding hydrogens is 278 g/mol. The Bertz CT molecular complexity index is 519.